The lowest BCUT2D eigenvalue weighted by atomic mass is 9.84. The van der Waals surface area contributed by atoms with Crippen LogP contribution >= 0.6 is 7.82 Å². The first kappa shape index (κ1) is 27.2. The summed E-state index contributed by atoms with van der Waals surface area (Å²) < 4.78 is 43.4. The van der Waals surface area contributed by atoms with Crippen molar-refractivity contribution in [3.63, 3.8) is 0 Å². The molecule has 1 aliphatic heterocycles. The van der Waals surface area contributed by atoms with Gasteiger partial charge in [-0.3, -0.25) is 23.4 Å². The zero-order chi connectivity index (χ0) is 24.9. The van der Waals surface area contributed by atoms with Gasteiger partial charge >= 0.3 is 19.8 Å². The van der Waals surface area contributed by atoms with Crippen LogP contribution in [0.2, 0.25) is 0 Å². The first-order valence-electron chi connectivity index (χ1n) is 10.6. The van der Waals surface area contributed by atoms with Crippen molar-refractivity contribution in [1.82, 2.24) is 5.16 Å². The summed E-state index contributed by atoms with van der Waals surface area (Å²) in [6, 6.07) is 1.66. The molecule has 186 valence electrons. The molecule has 0 saturated carbocycles. The number of rotatable bonds is 10. The second kappa shape index (κ2) is 10.9. The van der Waals surface area contributed by atoms with Crippen molar-refractivity contribution in [1.29, 1.82) is 0 Å². The van der Waals surface area contributed by atoms with Gasteiger partial charge in [-0.05, 0) is 34.1 Å². The van der Waals surface area contributed by atoms with Gasteiger partial charge in [0.05, 0.1) is 12.0 Å². The van der Waals surface area contributed by atoms with Gasteiger partial charge in [0.2, 0.25) is 6.79 Å². The molecule has 2 heterocycles. The minimum absolute atomic E-state index is 0.00523. The monoisotopic (exact) mass is 489 g/mol. The Morgan fingerprint density at radius 3 is 2.52 bits per heavy atom. The Balaban J connectivity index is 1.81. The van der Waals surface area contributed by atoms with Crippen molar-refractivity contribution in [2.75, 3.05) is 13.4 Å². The predicted molar refractivity (Wildman–Crippen MR) is 114 cm³/mol. The number of phosphoric ester groups is 1. The van der Waals surface area contributed by atoms with Crippen LogP contribution in [0.4, 0.5) is 0 Å². The van der Waals surface area contributed by atoms with E-state index in [4.69, 9.17) is 27.6 Å². The summed E-state index contributed by atoms with van der Waals surface area (Å²) in [5, 5.41) is 3.73. The zero-order valence-corrected chi connectivity index (χ0v) is 20.8. The maximum absolute atomic E-state index is 12.8. The molecule has 2 atom stereocenters. The molecular formula is C21H32NO10P. The van der Waals surface area contributed by atoms with Crippen LogP contribution in [-0.2, 0) is 48.6 Å². The predicted octanol–water partition coefficient (Wildman–Crippen LogP) is 3.88. The number of esters is 2. The van der Waals surface area contributed by atoms with E-state index in [9.17, 15) is 18.9 Å². The van der Waals surface area contributed by atoms with Crippen LogP contribution in [0.15, 0.2) is 10.6 Å². The normalized spacial score (nSPS) is 22.5. The van der Waals surface area contributed by atoms with Crippen molar-refractivity contribution in [3.8, 4) is 0 Å². The molecule has 1 saturated heterocycles. The molecule has 11 nitrogen and oxygen atoms in total. The Kier molecular flexibility index (Phi) is 8.98. The fourth-order valence-electron chi connectivity index (χ4n) is 2.80. The highest BCUT2D eigenvalue weighted by molar-refractivity contribution is 7.48. The van der Waals surface area contributed by atoms with Crippen LogP contribution in [0.3, 0.4) is 0 Å². The van der Waals surface area contributed by atoms with Crippen LogP contribution < -0.4 is 0 Å². The van der Waals surface area contributed by atoms with Gasteiger partial charge in [0.25, 0.3) is 0 Å². The van der Waals surface area contributed by atoms with Gasteiger partial charge in [-0.15, -0.1) is 0 Å². The Labute approximate surface area is 193 Å². The van der Waals surface area contributed by atoms with Gasteiger partial charge in [0.15, 0.2) is 5.78 Å². The summed E-state index contributed by atoms with van der Waals surface area (Å²) in [5.41, 5.74) is -1.04. The van der Waals surface area contributed by atoms with Crippen molar-refractivity contribution in [2.45, 2.75) is 73.5 Å². The number of Topliss-reactive ketones (excluding diaryl/α,β-unsaturated/α-hetero) is 1. The largest absolute Gasteiger partial charge is 0.478 e. The van der Waals surface area contributed by atoms with E-state index < -0.39 is 43.5 Å². The lowest BCUT2D eigenvalue weighted by Gasteiger charge is -2.39. The zero-order valence-electron chi connectivity index (χ0n) is 19.9. The Bertz CT molecular complexity index is 901. The van der Waals surface area contributed by atoms with E-state index in [2.05, 4.69) is 5.16 Å². The van der Waals surface area contributed by atoms with E-state index in [-0.39, 0.29) is 38.3 Å². The van der Waals surface area contributed by atoms with E-state index in [1.165, 1.54) is 0 Å². The number of ether oxygens (including phenoxy) is 2. The maximum atomic E-state index is 12.8. The molecule has 0 unspecified atom stereocenters. The number of carbonyl (C=O) groups excluding carboxylic acids is 3. The molecule has 0 N–H and O–H groups in total. The highest BCUT2D eigenvalue weighted by atomic mass is 31.2. The molecule has 12 heteroatoms. The third-order valence-electron chi connectivity index (χ3n) is 4.71. The Hall–Kier alpha value is -2.07. The number of ketones is 1. The van der Waals surface area contributed by atoms with Crippen LogP contribution in [0, 0.1) is 17.8 Å². The van der Waals surface area contributed by atoms with E-state index >= 15 is 0 Å². The highest BCUT2D eigenvalue weighted by Crippen LogP contribution is 2.57. The molecule has 1 fully saturated rings. The number of phosphoric acid groups is 1. The van der Waals surface area contributed by atoms with Crippen LogP contribution in [-0.4, -0.2) is 42.4 Å². The van der Waals surface area contributed by atoms with E-state index in [0.29, 0.717) is 11.5 Å². The molecule has 0 spiro atoms. The second-order valence-electron chi connectivity index (χ2n) is 9.53. The summed E-state index contributed by atoms with van der Waals surface area (Å²) in [4.78, 5) is 36.5. The SMILES string of the molecule is Cc1cc(COC(=O)CCCC(=O)[C@@H]2O[P@](=O)(OCOC(=O)C(C)(C)C)OCC2(C)C)no1. The van der Waals surface area contributed by atoms with Crippen LogP contribution in [0.1, 0.15) is 65.3 Å². The lowest BCUT2D eigenvalue weighted by molar-refractivity contribution is -0.163. The number of nitrogens with zero attached hydrogens (tertiary/aromatic N) is 1. The number of hydrogen-bond acceptors (Lipinski definition) is 11. The molecule has 1 aliphatic rings. The lowest BCUT2D eigenvalue weighted by Crippen LogP contribution is -2.45. The second-order valence-corrected chi connectivity index (χ2v) is 11.2. The van der Waals surface area contributed by atoms with Gasteiger partial charge in [0, 0.05) is 24.3 Å². The topological polar surface area (TPSA) is 140 Å². The minimum atomic E-state index is -4.11. The molecular weight excluding hydrogens is 457 g/mol. The number of carbonyl (C=O) groups is 3. The fourth-order valence-corrected chi connectivity index (χ4v) is 4.33. The van der Waals surface area contributed by atoms with Crippen molar-refractivity contribution >= 4 is 25.5 Å². The number of aryl methyl sites for hydroxylation is 1. The van der Waals surface area contributed by atoms with Crippen molar-refractivity contribution in [2.24, 2.45) is 10.8 Å². The molecule has 0 amide bonds. The van der Waals surface area contributed by atoms with Gasteiger partial charge in [-0.1, -0.05) is 19.0 Å². The quantitative estimate of drug-likeness (QED) is 0.268. The first-order valence-corrected chi connectivity index (χ1v) is 12.0. The van der Waals surface area contributed by atoms with E-state index in [1.54, 1.807) is 47.6 Å². The summed E-state index contributed by atoms with van der Waals surface area (Å²) in [7, 11) is -4.11. The highest BCUT2D eigenvalue weighted by Gasteiger charge is 2.48. The average Bonchev–Trinajstić information content (AvgIpc) is 3.13. The van der Waals surface area contributed by atoms with Crippen molar-refractivity contribution in [3.05, 3.63) is 17.5 Å². The molecule has 1 aromatic rings. The molecule has 1 aromatic heterocycles. The summed E-state index contributed by atoms with van der Waals surface area (Å²) >= 11 is 0. The minimum Gasteiger partial charge on any atom is -0.459 e. The maximum Gasteiger partial charge on any atom is 0.478 e. The van der Waals surface area contributed by atoms with Crippen LogP contribution in [0.25, 0.3) is 0 Å². The smallest absolute Gasteiger partial charge is 0.459 e. The standard InChI is InChI=1S/C21H32NO10P/c1-14-10-15(22-31-14)11-27-17(24)9-7-8-16(23)18-21(5,6)12-29-33(26,32-18)30-13-28-19(25)20(2,3)4/h10,18H,7-9,11-13H2,1-6H3/t18-,33-/m0/s1. The summed E-state index contributed by atoms with van der Waals surface area (Å²) in [6.07, 6.45) is -0.834. The third-order valence-corrected chi connectivity index (χ3v) is 6.04. The van der Waals surface area contributed by atoms with Gasteiger partial charge in [0.1, 0.15) is 24.2 Å². The molecule has 0 radical (unpaired) electrons. The van der Waals surface area contributed by atoms with Gasteiger partial charge in [-0.2, -0.15) is 0 Å². The molecule has 2 rings (SSSR count). The Morgan fingerprint density at radius 1 is 1.21 bits per heavy atom. The average molecular weight is 489 g/mol. The molecule has 0 aromatic carbocycles. The van der Waals surface area contributed by atoms with Gasteiger partial charge < -0.3 is 14.0 Å². The van der Waals surface area contributed by atoms with Crippen molar-refractivity contribution < 1.29 is 46.5 Å². The first-order chi connectivity index (χ1) is 15.2. The van der Waals surface area contributed by atoms with Crippen LogP contribution in [0.5, 0.6) is 0 Å². The number of hydrogen-bond donors (Lipinski definition) is 0. The molecule has 0 aliphatic carbocycles. The fraction of sp³-hybridized carbons (Fsp3) is 0.714. The van der Waals surface area contributed by atoms with Gasteiger partial charge in [-0.25, -0.2) is 9.09 Å². The molecule has 33 heavy (non-hydrogen) atoms. The van der Waals surface area contributed by atoms with E-state index in [0.717, 1.165) is 0 Å². The van der Waals surface area contributed by atoms with E-state index in [1.807, 2.05) is 0 Å². The summed E-state index contributed by atoms with van der Waals surface area (Å²) in [6.45, 7) is 9.46. The third kappa shape index (κ3) is 8.33. The Morgan fingerprint density at radius 2 is 1.91 bits per heavy atom. The number of aromatic nitrogens is 1. The summed E-state index contributed by atoms with van der Waals surface area (Å²) in [5.74, 6) is -0.770. The molecule has 0 bridgehead atoms.